The third kappa shape index (κ3) is 3.73. The van der Waals surface area contributed by atoms with E-state index < -0.39 is 0 Å². The van der Waals surface area contributed by atoms with E-state index in [0.29, 0.717) is 6.04 Å². The molecule has 100 valence electrons. The summed E-state index contributed by atoms with van der Waals surface area (Å²) >= 11 is 0. The van der Waals surface area contributed by atoms with E-state index in [1.165, 1.54) is 0 Å². The molecule has 2 rings (SSSR count). The molecule has 1 aromatic heterocycles. The standard InChI is InChI=1S/C12H21N5O/c13-12(18)16-9-3-11(4-10-16)14-5-1-7-17-8-2-6-15-17/h2,6,8,11,14H,1,3-5,7,9-10H2,(H2,13,18). The monoisotopic (exact) mass is 251 g/mol. The fourth-order valence-electron chi connectivity index (χ4n) is 2.28. The predicted molar refractivity (Wildman–Crippen MR) is 69.0 cm³/mol. The van der Waals surface area contributed by atoms with Crippen molar-refractivity contribution in [2.45, 2.75) is 31.8 Å². The van der Waals surface area contributed by atoms with Crippen LogP contribution in [0.1, 0.15) is 19.3 Å². The van der Waals surface area contributed by atoms with Gasteiger partial charge in [0.2, 0.25) is 0 Å². The third-order valence-electron chi connectivity index (χ3n) is 3.36. The van der Waals surface area contributed by atoms with Gasteiger partial charge in [0.05, 0.1) is 0 Å². The number of nitrogens with one attached hydrogen (secondary N) is 1. The van der Waals surface area contributed by atoms with Crippen LogP contribution in [0.5, 0.6) is 0 Å². The van der Waals surface area contributed by atoms with Crippen LogP contribution in [0.2, 0.25) is 0 Å². The van der Waals surface area contributed by atoms with Crippen molar-refractivity contribution in [3.63, 3.8) is 0 Å². The Balaban J connectivity index is 1.57. The van der Waals surface area contributed by atoms with Gasteiger partial charge in [-0.2, -0.15) is 5.10 Å². The van der Waals surface area contributed by atoms with Crippen LogP contribution in [-0.4, -0.2) is 46.4 Å². The molecule has 0 atom stereocenters. The van der Waals surface area contributed by atoms with Crippen molar-refractivity contribution in [1.82, 2.24) is 20.0 Å². The maximum absolute atomic E-state index is 11.0. The highest BCUT2D eigenvalue weighted by Gasteiger charge is 2.20. The number of hydrogen-bond acceptors (Lipinski definition) is 3. The van der Waals surface area contributed by atoms with Crippen molar-refractivity contribution in [3.8, 4) is 0 Å². The van der Waals surface area contributed by atoms with Gasteiger partial charge in [-0.25, -0.2) is 4.79 Å². The molecular formula is C12H21N5O. The van der Waals surface area contributed by atoms with Crippen molar-refractivity contribution in [3.05, 3.63) is 18.5 Å². The summed E-state index contributed by atoms with van der Waals surface area (Å²) in [6.07, 6.45) is 6.82. The van der Waals surface area contributed by atoms with Crippen molar-refractivity contribution >= 4 is 6.03 Å². The van der Waals surface area contributed by atoms with Crippen LogP contribution in [0.3, 0.4) is 0 Å². The second-order valence-electron chi connectivity index (χ2n) is 4.68. The van der Waals surface area contributed by atoms with Crippen LogP contribution in [0, 0.1) is 0 Å². The van der Waals surface area contributed by atoms with Crippen LogP contribution >= 0.6 is 0 Å². The lowest BCUT2D eigenvalue weighted by atomic mass is 10.1. The molecule has 3 N–H and O–H groups in total. The second-order valence-corrected chi connectivity index (χ2v) is 4.68. The summed E-state index contributed by atoms with van der Waals surface area (Å²) in [5, 5.41) is 7.68. The van der Waals surface area contributed by atoms with Crippen LogP contribution in [-0.2, 0) is 6.54 Å². The number of amides is 2. The van der Waals surface area contributed by atoms with Gasteiger partial charge in [-0.1, -0.05) is 0 Å². The van der Waals surface area contributed by atoms with E-state index in [9.17, 15) is 4.79 Å². The number of carbonyl (C=O) groups excluding carboxylic acids is 1. The van der Waals surface area contributed by atoms with Crippen LogP contribution < -0.4 is 11.1 Å². The molecule has 0 aromatic carbocycles. The third-order valence-corrected chi connectivity index (χ3v) is 3.36. The summed E-state index contributed by atoms with van der Waals surface area (Å²) in [5.74, 6) is 0. The first-order valence-electron chi connectivity index (χ1n) is 6.51. The zero-order valence-electron chi connectivity index (χ0n) is 10.6. The zero-order valence-corrected chi connectivity index (χ0v) is 10.6. The average molecular weight is 251 g/mol. The number of urea groups is 1. The predicted octanol–water partition coefficient (Wildman–Crippen LogP) is 0.406. The molecule has 1 aliphatic heterocycles. The fraction of sp³-hybridized carbons (Fsp3) is 0.667. The topological polar surface area (TPSA) is 76.2 Å². The first kappa shape index (κ1) is 12.9. The van der Waals surface area contributed by atoms with Gasteiger partial charge in [0.15, 0.2) is 0 Å². The molecule has 2 heterocycles. The average Bonchev–Trinajstić information content (AvgIpc) is 2.88. The van der Waals surface area contributed by atoms with Gasteiger partial charge in [-0.15, -0.1) is 0 Å². The molecule has 1 fully saturated rings. The molecule has 0 aliphatic carbocycles. The Morgan fingerprint density at radius 3 is 2.83 bits per heavy atom. The van der Waals surface area contributed by atoms with E-state index in [-0.39, 0.29) is 6.03 Å². The molecule has 1 aromatic rings. The zero-order chi connectivity index (χ0) is 12.8. The minimum absolute atomic E-state index is 0.299. The summed E-state index contributed by atoms with van der Waals surface area (Å²) in [5.41, 5.74) is 5.25. The number of aromatic nitrogens is 2. The SMILES string of the molecule is NC(=O)N1CCC(NCCCn2cccn2)CC1. The molecular weight excluding hydrogens is 230 g/mol. The summed E-state index contributed by atoms with van der Waals surface area (Å²) < 4.78 is 1.94. The molecule has 6 heteroatoms. The lowest BCUT2D eigenvalue weighted by Crippen LogP contribution is -2.47. The lowest BCUT2D eigenvalue weighted by molar-refractivity contribution is 0.185. The summed E-state index contributed by atoms with van der Waals surface area (Å²) in [6.45, 7) is 3.47. The molecule has 6 nitrogen and oxygen atoms in total. The van der Waals surface area contributed by atoms with Gasteiger partial charge < -0.3 is 16.0 Å². The maximum atomic E-state index is 11.0. The van der Waals surface area contributed by atoms with Gasteiger partial charge in [0.1, 0.15) is 0 Å². The molecule has 0 radical (unpaired) electrons. The van der Waals surface area contributed by atoms with Gasteiger partial charge in [0, 0.05) is 38.1 Å². The molecule has 18 heavy (non-hydrogen) atoms. The normalized spacial score (nSPS) is 17.0. The number of primary amides is 1. The van der Waals surface area contributed by atoms with Crippen molar-refractivity contribution in [1.29, 1.82) is 0 Å². The van der Waals surface area contributed by atoms with Crippen molar-refractivity contribution in [2.24, 2.45) is 5.73 Å². The first-order valence-corrected chi connectivity index (χ1v) is 6.51. The highest BCUT2D eigenvalue weighted by molar-refractivity contribution is 5.72. The minimum Gasteiger partial charge on any atom is -0.351 e. The van der Waals surface area contributed by atoms with Crippen LogP contribution in [0.4, 0.5) is 4.79 Å². The Morgan fingerprint density at radius 2 is 2.22 bits per heavy atom. The fourth-order valence-corrected chi connectivity index (χ4v) is 2.28. The van der Waals surface area contributed by atoms with Crippen molar-refractivity contribution in [2.75, 3.05) is 19.6 Å². The van der Waals surface area contributed by atoms with Crippen molar-refractivity contribution < 1.29 is 4.79 Å². The highest BCUT2D eigenvalue weighted by atomic mass is 16.2. The molecule has 0 spiro atoms. The number of nitrogens with two attached hydrogens (primary N) is 1. The van der Waals surface area contributed by atoms with Crippen LogP contribution in [0.25, 0.3) is 0 Å². The van der Waals surface area contributed by atoms with Gasteiger partial charge in [-0.3, -0.25) is 4.68 Å². The Hall–Kier alpha value is -1.56. The summed E-state index contributed by atoms with van der Waals surface area (Å²) in [6, 6.07) is 2.15. The van der Waals surface area contributed by atoms with E-state index in [1.807, 2.05) is 16.9 Å². The molecule has 2 amide bonds. The number of hydrogen-bond donors (Lipinski definition) is 2. The number of aryl methyl sites for hydroxylation is 1. The van der Waals surface area contributed by atoms with Gasteiger partial charge >= 0.3 is 6.03 Å². The minimum atomic E-state index is -0.299. The largest absolute Gasteiger partial charge is 0.351 e. The smallest absolute Gasteiger partial charge is 0.314 e. The number of rotatable bonds is 5. The molecule has 0 bridgehead atoms. The molecule has 0 saturated carbocycles. The number of carbonyl (C=O) groups is 1. The summed E-state index contributed by atoms with van der Waals surface area (Å²) in [7, 11) is 0. The van der Waals surface area contributed by atoms with E-state index in [2.05, 4.69) is 10.4 Å². The van der Waals surface area contributed by atoms with Gasteiger partial charge in [-0.05, 0) is 31.9 Å². The Morgan fingerprint density at radius 1 is 1.44 bits per heavy atom. The quantitative estimate of drug-likeness (QED) is 0.744. The Labute approximate surface area is 107 Å². The molecule has 1 aliphatic rings. The molecule has 0 unspecified atom stereocenters. The lowest BCUT2D eigenvalue weighted by Gasteiger charge is -2.31. The number of likely N-dealkylation sites (tertiary alicyclic amines) is 1. The second kappa shape index (κ2) is 6.39. The van der Waals surface area contributed by atoms with E-state index in [1.54, 1.807) is 11.1 Å². The molecule has 1 saturated heterocycles. The number of piperidine rings is 1. The van der Waals surface area contributed by atoms with E-state index in [4.69, 9.17) is 5.73 Å². The Kier molecular flexibility index (Phi) is 4.58. The van der Waals surface area contributed by atoms with E-state index in [0.717, 1.165) is 45.4 Å². The first-order chi connectivity index (χ1) is 8.75. The van der Waals surface area contributed by atoms with Crippen LogP contribution in [0.15, 0.2) is 18.5 Å². The number of nitrogens with zero attached hydrogens (tertiary/aromatic N) is 3. The maximum Gasteiger partial charge on any atom is 0.314 e. The summed E-state index contributed by atoms with van der Waals surface area (Å²) in [4.78, 5) is 12.7. The van der Waals surface area contributed by atoms with E-state index >= 15 is 0 Å². The highest BCUT2D eigenvalue weighted by Crippen LogP contribution is 2.09. The van der Waals surface area contributed by atoms with Gasteiger partial charge in [0.25, 0.3) is 0 Å². The Bertz CT molecular complexity index is 357.